The van der Waals surface area contributed by atoms with Crippen LogP contribution in [0.3, 0.4) is 0 Å². The number of ether oxygens (including phenoxy) is 2. The second kappa shape index (κ2) is 7.34. The highest BCUT2D eigenvalue weighted by atomic mass is 35.5. The van der Waals surface area contributed by atoms with Crippen LogP contribution in [0.4, 0.5) is 0 Å². The third-order valence-corrected chi connectivity index (χ3v) is 3.32. The molecule has 1 unspecified atom stereocenters. The van der Waals surface area contributed by atoms with Gasteiger partial charge in [0.1, 0.15) is 6.10 Å². The summed E-state index contributed by atoms with van der Waals surface area (Å²) in [7, 11) is 0. The summed E-state index contributed by atoms with van der Waals surface area (Å²) in [4.78, 5) is 0. The fraction of sp³-hybridized carbons (Fsp3) is 0.294. The number of hydrogen-bond acceptors (Lipinski definition) is 3. The molecule has 3 nitrogen and oxygen atoms in total. The number of benzene rings is 2. The maximum Gasteiger partial charge on any atom is 0.161 e. The summed E-state index contributed by atoms with van der Waals surface area (Å²) in [5, 5.41) is 11.1. The molecule has 2 aromatic rings. The van der Waals surface area contributed by atoms with Gasteiger partial charge in [-0.3, -0.25) is 0 Å². The van der Waals surface area contributed by atoms with Crippen molar-refractivity contribution in [2.75, 3.05) is 13.2 Å². The van der Waals surface area contributed by atoms with Gasteiger partial charge in [0.25, 0.3) is 0 Å². The summed E-state index contributed by atoms with van der Waals surface area (Å²) in [6.07, 6.45) is -0.725. The zero-order chi connectivity index (χ0) is 15.2. The summed E-state index contributed by atoms with van der Waals surface area (Å²) in [6.45, 7) is 4.95. The molecule has 0 saturated carbocycles. The van der Waals surface area contributed by atoms with Crippen molar-refractivity contribution >= 4 is 11.6 Å². The number of aliphatic hydroxyl groups excluding tert-OH is 1. The summed E-state index contributed by atoms with van der Waals surface area (Å²) in [5.74, 6) is 1.33. The molecule has 0 amide bonds. The zero-order valence-corrected chi connectivity index (χ0v) is 12.9. The molecule has 0 heterocycles. The van der Waals surface area contributed by atoms with Crippen molar-refractivity contribution in [3.8, 4) is 11.5 Å². The summed E-state index contributed by atoms with van der Waals surface area (Å²) in [5.41, 5.74) is 1.54. The molecule has 0 aromatic heterocycles. The average Bonchev–Trinajstić information content (AvgIpc) is 2.49. The van der Waals surface area contributed by atoms with E-state index in [1.54, 1.807) is 12.1 Å². The molecule has 0 spiro atoms. The van der Waals surface area contributed by atoms with Gasteiger partial charge in [-0.15, -0.1) is 0 Å². The highest BCUT2D eigenvalue weighted by Crippen LogP contribution is 2.33. The van der Waals surface area contributed by atoms with E-state index in [0.717, 1.165) is 11.1 Å². The van der Waals surface area contributed by atoms with E-state index in [1.165, 1.54) is 0 Å². The molecule has 0 fully saturated rings. The molecule has 2 rings (SSSR count). The van der Waals surface area contributed by atoms with Crippen LogP contribution in [-0.2, 0) is 0 Å². The molecule has 21 heavy (non-hydrogen) atoms. The molecule has 0 saturated heterocycles. The summed E-state index contributed by atoms with van der Waals surface area (Å²) < 4.78 is 11.1. The van der Waals surface area contributed by atoms with Crippen LogP contribution in [0.5, 0.6) is 11.5 Å². The Hall–Kier alpha value is -1.71. The lowest BCUT2D eigenvalue weighted by Crippen LogP contribution is -2.03. The van der Waals surface area contributed by atoms with Gasteiger partial charge < -0.3 is 14.6 Å². The Kier molecular flexibility index (Phi) is 5.48. The van der Waals surface area contributed by atoms with Gasteiger partial charge in [0.15, 0.2) is 11.5 Å². The van der Waals surface area contributed by atoms with Crippen LogP contribution in [-0.4, -0.2) is 18.3 Å². The number of aliphatic hydroxyl groups is 1. The molecule has 1 atom stereocenters. The normalized spacial score (nSPS) is 12.0. The molecule has 0 bridgehead atoms. The van der Waals surface area contributed by atoms with Gasteiger partial charge in [-0.25, -0.2) is 0 Å². The van der Waals surface area contributed by atoms with Crippen LogP contribution in [0.2, 0.25) is 5.02 Å². The SMILES string of the molecule is CCOc1ccc(C(O)c2ccc(Cl)cc2)cc1OCC. The number of hydrogen-bond donors (Lipinski definition) is 1. The predicted octanol–water partition coefficient (Wildman–Crippen LogP) is 4.22. The van der Waals surface area contributed by atoms with E-state index in [0.29, 0.717) is 29.7 Å². The van der Waals surface area contributed by atoms with Crippen molar-refractivity contribution in [3.05, 3.63) is 58.6 Å². The smallest absolute Gasteiger partial charge is 0.161 e. The monoisotopic (exact) mass is 306 g/mol. The third kappa shape index (κ3) is 3.90. The second-order valence-electron chi connectivity index (χ2n) is 4.53. The van der Waals surface area contributed by atoms with E-state index in [2.05, 4.69) is 0 Å². The van der Waals surface area contributed by atoms with Crippen molar-refractivity contribution in [2.24, 2.45) is 0 Å². The zero-order valence-electron chi connectivity index (χ0n) is 12.2. The van der Waals surface area contributed by atoms with Crippen molar-refractivity contribution in [1.29, 1.82) is 0 Å². The molecule has 4 heteroatoms. The quantitative estimate of drug-likeness (QED) is 0.868. The lowest BCUT2D eigenvalue weighted by molar-refractivity contribution is 0.218. The molecule has 0 aliphatic rings. The number of halogens is 1. The Bertz CT molecular complexity index is 581. The van der Waals surface area contributed by atoms with E-state index < -0.39 is 6.10 Å². The Labute approximate surface area is 130 Å². The minimum Gasteiger partial charge on any atom is -0.490 e. The highest BCUT2D eigenvalue weighted by molar-refractivity contribution is 6.30. The summed E-state index contributed by atoms with van der Waals surface area (Å²) >= 11 is 5.87. The second-order valence-corrected chi connectivity index (χ2v) is 4.96. The maximum atomic E-state index is 10.5. The number of rotatable bonds is 6. The Balaban J connectivity index is 2.30. The Morgan fingerprint density at radius 2 is 1.48 bits per heavy atom. The van der Waals surface area contributed by atoms with Gasteiger partial charge in [-0.05, 0) is 49.2 Å². The molecule has 0 aliphatic carbocycles. The third-order valence-electron chi connectivity index (χ3n) is 3.07. The van der Waals surface area contributed by atoms with Gasteiger partial charge in [-0.1, -0.05) is 29.8 Å². The molecule has 0 radical (unpaired) electrons. The lowest BCUT2D eigenvalue weighted by atomic mass is 10.0. The topological polar surface area (TPSA) is 38.7 Å². The minimum atomic E-state index is -0.725. The van der Waals surface area contributed by atoms with E-state index in [9.17, 15) is 5.11 Å². The molecule has 112 valence electrons. The fourth-order valence-electron chi connectivity index (χ4n) is 2.08. The van der Waals surface area contributed by atoms with Crippen LogP contribution < -0.4 is 9.47 Å². The first-order valence-corrected chi connectivity index (χ1v) is 7.36. The van der Waals surface area contributed by atoms with Gasteiger partial charge in [-0.2, -0.15) is 0 Å². The Morgan fingerprint density at radius 3 is 2.10 bits per heavy atom. The van der Waals surface area contributed by atoms with E-state index in [1.807, 2.05) is 44.2 Å². The van der Waals surface area contributed by atoms with Crippen molar-refractivity contribution < 1.29 is 14.6 Å². The van der Waals surface area contributed by atoms with Crippen LogP contribution in [0.25, 0.3) is 0 Å². The molecular weight excluding hydrogens is 288 g/mol. The molecule has 2 aromatic carbocycles. The van der Waals surface area contributed by atoms with Crippen LogP contribution in [0, 0.1) is 0 Å². The summed E-state index contributed by atoms with van der Waals surface area (Å²) in [6, 6.07) is 12.6. The van der Waals surface area contributed by atoms with Crippen molar-refractivity contribution in [3.63, 3.8) is 0 Å². The van der Waals surface area contributed by atoms with Crippen molar-refractivity contribution in [1.82, 2.24) is 0 Å². The minimum absolute atomic E-state index is 0.542. The average molecular weight is 307 g/mol. The standard InChI is InChI=1S/C17H19ClO3/c1-3-20-15-10-7-13(11-16(15)21-4-2)17(19)12-5-8-14(18)9-6-12/h5-11,17,19H,3-4H2,1-2H3. The molecule has 1 N–H and O–H groups in total. The van der Waals surface area contributed by atoms with Gasteiger partial charge >= 0.3 is 0 Å². The first-order valence-electron chi connectivity index (χ1n) is 6.98. The van der Waals surface area contributed by atoms with E-state index in [-0.39, 0.29) is 0 Å². The largest absolute Gasteiger partial charge is 0.490 e. The maximum absolute atomic E-state index is 10.5. The van der Waals surface area contributed by atoms with Crippen LogP contribution >= 0.6 is 11.6 Å². The van der Waals surface area contributed by atoms with Gasteiger partial charge in [0.05, 0.1) is 13.2 Å². The molecule has 0 aliphatic heterocycles. The van der Waals surface area contributed by atoms with Crippen molar-refractivity contribution in [2.45, 2.75) is 20.0 Å². The lowest BCUT2D eigenvalue weighted by Gasteiger charge is -2.16. The highest BCUT2D eigenvalue weighted by Gasteiger charge is 2.14. The first-order chi connectivity index (χ1) is 10.2. The first kappa shape index (κ1) is 15.7. The van der Waals surface area contributed by atoms with Gasteiger partial charge in [0.2, 0.25) is 0 Å². The van der Waals surface area contributed by atoms with E-state index in [4.69, 9.17) is 21.1 Å². The van der Waals surface area contributed by atoms with Crippen LogP contribution in [0.15, 0.2) is 42.5 Å². The fourth-order valence-corrected chi connectivity index (χ4v) is 2.20. The molecular formula is C17H19ClO3. The Morgan fingerprint density at radius 1 is 0.905 bits per heavy atom. The van der Waals surface area contributed by atoms with Crippen LogP contribution in [0.1, 0.15) is 31.1 Å². The predicted molar refractivity (Wildman–Crippen MR) is 84.3 cm³/mol. The van der Waals surface area contributed by atoms with Gasteiger partial charge in [0, 0.05) is 5.02 Å². The van der Waals surface area contributed by atoms with E-state index >= 15 is 0 Å².